The number of fused-ring (bicyclic) bond motifs is 1. The minimum Gasteiger partial charge on any atom is -0.314 e. The van der Waals surface area contributed by atoms with Crippen molar-refractivity contribution in [2.24, 2.45) is 5.10 Å². The third-order valence-electron chi connectivity index (χ3n) is 3.60. The molecule has 3 heterocycles. The summed E-state index contributed by atoms with van der Waals surface area (Å²) >= 11 is 3.01. The van der Waals surface area contributed by atoms with Crippen LogP contribution in [-0.2, 0) is 12.0 Å². The van der Waals surface area contributed by atoms with Crippen molar-refractivity contribution < 1.29 is 4.39 Å². The lowest BCUT2D eigenvalue weighted by atomic mass is 9.93. The summed E-state index contributed by atoms with van der Waals surface area (Å²) in [4.78, 5) is 14.7. The van der Waals surface area contributed by atoms with E-state index in [0.717, 1.165) is 32.3 Å². The summed E-state index contributed by atoms with van der Waals surface area (Å²) in [7, 11) is 1.88. The van der Waals surface area contributed by atoms with Crippen LogP contribution in [0.25, 0.3) is 10.2 Å². The van der Waals surface area contributed by atoms with E-state index in [1.54, 1.807) is 6.21 Å². The molecule has 0 spiro atoms. The van der Waals surface area contributed by atoms with E-state index < -0.39 is 12.1 Å². The molecule has 0 aliphatic rings. The van der Waals surface area contributed by atoms with Gasteiger partial charge in [-0.15, -0.1) is 47.5 Å². The highest BCUT2D eigenvalue weighted by Crippen LogP contribution is 2.36. The molecule has 0 bridgehead atoms. The highest BCUT2D eigenvalue weighted by atomic mass is 35.5. The fraction of sp³-hybridized carbons (Fsp3) is 0.375. The molecule has 0 aliphatic carbocycles. The van der Waals surface area contributed by atoms with Gasteiger partial charge in [0.1, 0.15) is 16.2 Å². The highest BCUT2D eigenvalue weighted by molar-refractivity contribution is 7.18. The maximum atomic E-state index is 13.3. The first-order valence-electron chi connectivity index (χ1n) is 7.72. The van der Waals surface area contributed by atoms with Gasteiger partial charge < -0.3 is 5.32 Å². The van der Waals surface area contributed by atoms with Gasteiger partial charge in [0, 0.05) is 22.2 Å². The third-order valence-corrected chi connectivity index (χ3v) is 5.84. The lowest BCUT2D eigenvalue weighted by Crippen LogP contribution is -2.17. The van der Waals surface area contributed by atoms with Crippen LogP contribution in [0.5, 0.6) is 0 Å². The Labute approximate surface area is 177 Å². The van der Waals surface area contributed by atoms with Gasteiger partial charge in [0.15, 0.2) is 5.82 Å². The summed E-state index contributed by atoms with van der Waals surface area (Å²) in [6.07, 6.45) is 3.15. The number of halogens is 3. The molecule has 0 radical (unpaired) electrons. The third kappa shape index (κ3) is 5.55. The van der Waals surface area contributed by atoms with E-state index in [-0.39, 0.29) is 24.8 Å². The van der Waals surface area contributed by atoms with E-state index in [1.165, 1.54) is 29.0 Å². The van der Waals surface area contributed by atoms with Gasteiger partial charge in [-0.25, -0.2) is 15.0 Å². The van der Waals surface area contributed by atoms with E-state index >= 15 is 0 Å². The number of alkyl halides is 1. The first kappa shape index (κ1) is 23.6. The van der Waals surface area contributed by atoms with Gasteiger partial charge in [-0.1, -0.05) is 13.8 Å². The van der Waals surface area contributed by atoms with Gasteiger partial charge in [-0.2, -0.15) is 5.10 Å². The van der Waals surface area contributed by atoms with Crippen molar-refractivity contribution in [1.82, 2.24) is 20.3 Å². The van der Waals surface area contributed by atoms with Gasteiger partial charge in [0.2, 0.25) is 0 Å². The first-order valence-corrected chi connectivity index (χ1v) is 9.42. The van der Waals surface area contributed by atoms with Crippen LogP contribution in [0.2, 0.25) is 0 Å². The van der Waals surface area contributed by atoms with E-state index in [0.29, 0.717) is 5.82 Å². The van der Waals surface area contributed by atoms with Crippen molar-refractivity contribution in [3.8, 4) is 0 Å². The minimum atomic E-state index is -0.531. The minimum absolute atomic E-state index is 0. The van der Waals surface area contributed by atoms with Crippen LogP contribution in [0.15, 0.2) is 22.9 Å². The summed E-state index contributed by atoms with van der Waals surface area (Å²) in [5.41, 5.74) is 3.39. The lowest BCUT2D eigenvalue weighted by Gasteiger charge is -2.17. The predicted molar refractivity (Wildman–Crippen MR) is 117 cm³/mol. The number of hydrogen-bond donors (Lipinski definition) is 2. The monoisotopic (exact) mass is 450 g/mol. The second kappa shape index (κ2) is 10.2. The van der Waals surface area contributed by atoms with Crippen LogP contribution in [0.4, 0.5) is 10.2 Å². The number of hydrogen-bond acceptors (Lipinski definition) is 8. The molecule has 11 heteroatoms. The average Bonchev–Trinajstić information content (AvgIpc) is 3.23. The molecule has 0 atom stereocenters. The normalized spacial score (nSPS) is 11.4. The Morgan fingerprint density at radius 2 is 2.07 bits per heavy atom. The molecule has 3 aromatic heterocycles. The number of nitrogens with zero attached hydrogens (tertiary/aromatic N) is 4. The Balaban J connectivity index is 0.00000182. The smallest absolute Gasteiger partial charge is 0.158 e. The second-order valence-corrected chi connectivity index (χ2v) is 8.07. The van der Waals surface area contributed by atoms with E-state index in [2.05, 4.69) is 30.8 Å². The van der Waals surface area contributed by atoms with Crippen molar-refractivity contribution in [3.63, 3.8) is 0 Å². The van der Waals surface area contributed by atoms with Gasteiger partial charge in [-0.3, -0.25) is 9.82 Å². The Bertz CT molecular complexity index is 896. The molecular formula is C16H21Cl2FN6S2. The van der Waals surface area contributed by atoms with Gasteiger partial charge in [-0.05, 0) is 13.1 Å². The predicted octanol–water partition coefficient (Wildman–Crippen LogP) is 4.40. The summed E-state index contributed by atoms with van der Waals surface area (Å²) in [6.45, 7) is 4.06. The zero-order valence-corrected chi connectivity index (χ0v) is 18.3. The second-order valence-electron chi connectivity index (χ2n) is 6.15. The van der Waals surface area contributed by atoms with Crippen molar-refractivity contribution in [3.05, 3.63) is 33.4 Å². The molecule has 0 aromatic carbocycles. The van der Waals surface area contributed by atoms with E-state index in [9.17, 15) is 4.39 Å². The highest BCUT2D eigenvalue weighted by Gasteiger charge is 2.24. The SMILES string of the molecule is CNCc1csc(/C=N/Nc2ncnc3sc(C(C)(C)CF)cc23)n1.Cl.Cl. The van der Waals surface area contributed by atoms with Crippen LogP contribution in [-0.4, -0.2) is 34.9 Å². The summed E-state index contributed by atoms with van der Waals surface area (Å²) in [5.74, 6) is 0.602. The molecule has 0 fully saturated rings. The number of hydrazone groups is 1. The zero-order valence-electron chi connectivity index (χ0n) is 15.0. The van der Waals surface area contributed by atoms with Gasteiger partial charge in [0.05, 0.1) is 24.0 Å². The molecule has 2 N–H and O–H groups in total. The molecule has 27 heavy (non-hydrogen) atoms. The summed E-state index contributed by atoms with van der Waals surface area (Å²) in [5, 5.41) is 10.9. The Hall–Kier alpha value is -1.39. The number of rotatable bonds is 7. The molecule has 0 unspecified atom stereocenters. The summed E-state index contributed by atoms with van der Waals surface area (Å²) in [6, 6.07) is 1.94. The fourth-order valence-electron chi connectivity index (χ4n) is 2.14. The average molecular weight is 451 g/mol. The molecule has 0 saturated carbocycles. The van der Waals surface area contributed by atoms with E-state index in [1.807, 2.05) is 32.3 Å². The van der Waals surface area contributed by atoms with Crippen LogP contribution >= 0.6 is 47.5 Å². The first-order chi connectivity index (χ1) is 12.0. The maximum absolute atomic E-state index is 13.3. The number of thiophene rings is 1. The van der Waals surface area contributed by atoms with Crippen LogP contribution in [0.1, 0.15) is 29.4 Å². The van der Waals surface area contributed by atoms with Crippen LogP contribution in [0, 0.1) is 0 Å². The molecule has 3 aromatic rings. The molecule has 0 saturated heterocycles. The van der Waals surface area contributed by atoms with Crippen molar-refractivity contribution in [2.75, 3.05) is 19.1 Å². The number of anilines is 1. The molecule has 3 rings (SSSR count). The fourth-order valence-corrected chi connectivity index (χ4v) is 3.89. The van der Waals surface area contributed by atoms with Crippen molar-refractivity contribution >= 4 is 69.7 Å². The van der Waals surface area contributed by atoms with Gasteiger partial charge >= 0.3 is 0 Å². The summed E-state index contributed by atoms with van der Waals surface area (Å²) < 4.78 is 13.3. The lowest BCUT2D eigenvalue weighted by molar-refractivity contribution is 0.356. The quantitative estimate of drug-likeness (QED) is 0.411. The zero-order chi connectivity index (χ0) is 17.9. The number of aromatic nitrogens is 3. The van der Waals surface area contributed by atoms with Crippen LogP contribution in [0.3, 0.4) is 0 Å². The molecule has 0 amide bonds. The van der Waals surface area contributed by atoms with Crippen molar-refractivity contribution in [1.29, 1.82) is 0 Å². The van der Waals surface area contributed by atoms with E-state index in [4.69, 9.17) is 0 Å². The molecule has 148 valence electrons. The van der Waals surface area contributed by atoms with Gasteiger partial charge in [0.25, 0.3) is 0 Å². The standard InChI is InChI=1S/C16H19FN6S2.2ClH/c1-16(2,8-17)12-4-11-14(19-9-20-15(11)25-12)23-21-6-13-22-10(5-18-3)7-24-13;;/h4,6-7,9,18H,5,8H2,1-3H3,(H,19,20,23);2*1H/b21-6+;;. The maximum Gasteiger partial charge on any atom is 0.158 e. The Morgan fingerprint density at radius 3 is 2.78 bits per heavy atom. The molecule has 6 nitrogen and oxygen atoms in total. The topological polar surface area (TPSA) is 75.1 Å². The Kier molecular flexibility index (Phi) is 8.97. The molecular weight excluding hydrogens is 430 g/mol. The largest absolute Gasteiger partial charge is 0.314 e. The number of nitrogens with one attached hydrogen (secondary N) is 2. The van der Waals surface area contributed by atoms with Crippen LogP contribution < -0.4 is 10.7 Å². The molecule has 0 aliphatic heterocycles. The number of thiazole rings is 1. The Morgan fingerprint density at radius 1 is 1.30 bits per heavy atom. The van der Waals surface area contributed by atoms with Crippen molar-refractivity contribution in [2.45, 2.75) is 25.8 Å².